The van der Waals surface area contributed by atoms with Crippen LogP contribution >= 0.6 is 0 Å². The van der Waals surface area contributed by atoms with Crippen molar-refractivity contribution in [3.8, 4) is 0 Å². The number of amides is 2. The molecule has 0 spiro atoms. The van der Waals surface area contributed by atoms with Crippen molar-refractivity contribution in [2.75, 3.05) is 26.2 Å². The van der Waals surface area contributed by atoms with Gasteiger partial charge >= 0.3 is 5.69 Å². The van der Waals surface area contributed by atoms with E-state index in [0.717, 1.165) is 19.3 Å². The summed E-state index contributed by atoms with van der Waals surface area (Å²) in [7, 11) is 0. The second-order valence-corrected chi connectivity index (χ2v) is 8.92. The lowest BCUT2D eigenvalue weighted by Gasteiger charge is -2.38. The van der Waals surface area contributed by atoms with E-state index in [-0.39, 0.29) is 23.9 Å². The second kappa shape index (κ2) is 8.89. The Hall–Kier alpha value is -3.75. The average Bonchev–Trinajstić information content (AvgIpc) is 2.81. The lowest BCUT2D eigenvalue weighted by Crippen LogP contribution is -2.52. The molecule has 34 heavy (non-hydrogen) atoms. The number of H-pyrrole nitrogens is 1. The second-order valence-electron chi connectivity index (χ2n) is 8.92. The Morgan fingerprint density at radius 2 is 1.68 bits per heavy atom. The number of nitrogens with zero attached hydrogens (tertiary/aromatic N) is 3. The molecule has 2 aliphatic rings. The van der Waals surface area contributed by atoms with Gasteiger partial charge in [-0.1, -0.05) is 24.6 Å². The molecule has 2 aromatic carbocycles. The van der Waals surface area contributed by atoms with Gasteiger partial charge in [-0.05, 0) is 42.7 Å². The minimum Gasteiger partial charge on any atom is -0.339 e. The zero-order chi connectivity index (χ0) is 23.8. The van der Waals surface area contributed by atoms with Crippen molar-refractivity contribution < 1.29 is 14.0 Å². The highest BCUT2D eigenvalue weighted by molar-refractivity contribution is 5.95. The van der Waals surface area contributed by atoms with Crippen molar-refractivity contribution in [3.63, 3.8) is 0 Å². The number of para-hydroxylation sites is 1. The van der Waals surface area contributed by atoms with Crippen LogP contribution in [-0.2, 0) is 11.3 Å². The van der Waals surface area contributed by atoms with E-state index >= 15 is 0 Å². The normalized spacial score (nSPS) is 16.5. The Bertz CT molecular complexity index is 1380. The summed E-state index contributed by atoms with van der Waals surface area (Å²) in [4.78, 5) is 55.8. The SMILES string of the molecule is O=C(c1cc(Cn2c(=O)[nH]c(=O)c3ccccc32)ccc1F)N1CCN(C(=O)C2CCC2)CC1. The first-order chi connectivity index (χ1) is 16.4. The maximum atomic E-state index is 14.6. The highest BCUT2D eigenvalue weighted by atomic mass is 19.1. The van der Waals surface area contributed by atoms with Gasteiger partial charge in [0.15, 0.2) is 0 Å². The molecule has 1 saturated carbocycles. The number of rotatable bonds is 4. The first kappa shape index (κ1) is 22.1. The molecule has 0 radical (unpaired) electrons. The number of aromatic nitrogens is 2. The van der Waals surface area contributed by atoms with E-state index in [2.05, 4.69) is 4.98 Å². The summed E-state index contributed by atoms with van der Waals surface area (Å²) in [6.07, 6.45) is 2.96. The van der Waals surface area contributed by atoms with Crippen LogP contribution in [0.15, 0.2) is 52.1 Å². The summed E-state index contributed by atoms with van der Waals surface area (Å²) in [5.41, 5.74) is -0.100. The van der Waals surface area contributed by atoms with Crippen molar-refractivity contribution in [2.45, 2.75) is 25.8 Å². The molecule has 1 aliphatic carbocycles. The van der Waals surface area contributed by atoms with E-state index in [4.69, 9.17) is 0 Å². The topological polar surface area (TPSA) is 95.5 Å². The van der Waals surface area contributed by atoms with Crippen LogP contribution in [0.1, 0.15) is 35.2 Å². The quantitative estimate of drug-likeness (QED) is 0.639. The molecule has 0 unspecified atom stereocenters. The van der Waals surface area contributed by atoms with Gasteiger partial charge in [-0.2, -0.15) is 0 Å². The van der Waals surface area contributed by atoms with Crippen LogP contribution in [0.2, 0.25) is 0 Å². The smallest absolute Gasteiger partial charge is 0.329 e. The first-order valence-electron chi connectivity index (χ1n) is 11.5. The van der Waals surface area contributed by atoms with Crippen LogP contribution in [0.4, 0.5) is 4.39 Å². The van der Waals surface area contributed by atoms with Crippen molar-refractivity contribution in [1.82, 2.24) is 19.4 Å². The predicted octanol–water partition coefficient (Wildman–Crippen LogP) is 1.96. The summed E-state index contributed by atoms with van der Waals surface area (Å²) >= 11 is 0. The van der Waals surface area contributed by atoms with Crippen LogP contribution in [0.25, 0.3) is 10.9 Å². The number of halogens is 1. The van der Waals surface area contributed by atoms with Crippen molar-refractivity contribution in [3.05, 3.63) is 80.2 Å². The molecule has 0 atom stereocenters. The van der Waals surface area contributed by atoms with Crippen LogP contribution in [-0.4, -0.2) is 57.3 Å². The summed E-state index contributed by atoms with van der Waals surface area (Å²) < 4.78 is 16.0. The number of piperazine rings is 1. The molecule has 1 N–H and O–H groups in total. The standard InChI is InChI=1S/C25H25FN4O4/c26-20-9-8-16(15-30-21-7-2-1-6-18(21)22(31)27-25(30)34)14-19(20)24(33)29-12-10-28(11-13-29)23(32)17-4-3-5-17/h1-2,6-9,14,17H,3-5,10-13,15H2,(H,27,31,34). The number of carbonyl (C=O) groups is 2. The number of hydrogen-bond donors (Lipinski definition) is 1. The molecule has 0 bridgehead atoms. The van der Waals surface area contributed by atoms with Crippen LogP contribution in [0.5, 0.6) is 0 Å². The van der Waals surface area contributed by atoms with Gasteiger partial charge in [0.25, 0.3) is 11.5 Å². The van der Waals surface area contributed by atoms with Gasteiger partial charge in [0.05, 0.1) is 23.0 Å². The highest BCUT2D eigenvalue weighted by Gasteiger charge is 2.32. The molecule has 176 valence electrons. The van der Waals surface area contributed by atoms with Crippen molar-refractivity contribution >= 4 is 22.7 Å². The fourth-order valence-corrected chi connectivity index (χ4v) is 4.63. The summed E-state index contributed by atoms with van der Waals surface area (Å²) in [5.74, 6) is -0.803. The molecule has 2 fully saturated rings. The Kier molecular flexibility index (Phi) is 5.77. The van der Waals surface area contributed by atoms with Gasteiger partial charge in [0, 0.05) is 32.1 Å². The average molecular weight is 464 g/mol. The molecule has 3 aromatic rings. The van der Waals surface area contributed by atoms with Gasteiger partial charge in [0.2, 0.25) is 5.91 Å². The molecular formula is C25H25FN4O4. The van der Waals surface area contributed by atoms with E-state index in [1.54, 1.807) is 34.1 Å². The Morgan fingerprint density at radius 3 is 2.38 bits per heavy atom. The van der Waals surface area contributed by atoms with Crippen molar-refractivity contribution in [1.29, 1.82) is 0 Å². The zero-order valence-electron chi connectivity index (χ0n) is 18.6. The lowest BCUT2D eigenvalue weighted by atomic mass is 9.84. The summed E-state index contributed by atoms with van der Waals surface area (Å²) in [5, 5.41) is 0.370. The first-order valence-corrected chi connectivity index (χ1v) is 11.5. The summed E-state index contributed by atoms with van der Waals surface area (Å²) in [6, 6.07) is 10.9. The van der Waals surface area contributed by atoms with E-state index < -0.39 is 23.0 Å². The predicted molar refractivity (Wildman–Crippen MR) is 124 cm³/mol. The Balaban J connectivity index is 1.35. The number of hydrogen-bond acceptors (Lipinski definition) is 4. The Labute approximate surface area is 194 Å². The molecule has 8 nitrogen and oxygen atoms in total. The van der Waals surface area contributed by atoms with Crippen LogP contribution < -0.4 is 11.2 Å². The summed E-state index contributed by atoms with van der Waals surface area (Å²) in [6.45, 7) is 1.67. The van der Waals surface area contributed by atoms with Gasteiger partial charge < -0.3 is 9.80 Å². The van der Waals surface area contributed by atoms with Gasteiger partial charge in [-0.25, -0.2) is 9.18 Å². The van der Waals surface area contributed by atoms with Crippen molar-refractivity contribution in [2.24, 2.45) is 5.92 Å². The molecule has 5 rings (SSSR count). The fraction of sp³-hybridized carbons (Fsp3) is 0.360. The number of aromatic amines is 1. The molecule has 2 heterocycles. The van der Waals surface area contributed by atoms with Gasteiger partial charge in [-0.15, -0.1) is 0 Å². The minimum absolute atomic E-state index is 0.0698. The monoisotopic (exact) mass is 464 g/mol. The molecule has 9 heteroatoms. The third-order valence-corrected chi connectivity index (χ3v) is 6.84. The zero-order valence-corrected chi connectivity index (χ0v) is 18.6. The maximum Gasteiger partial charge on any atom is 0.329 e. The van der Waals surface area contributed by atoms with Crippen LogP contribution in [0, 0.1) is 11.7 Å². The number of carbonyl (C=O) groups excluding carboxylic acids is 2. The largest absolute Gasteiger partial charge is 0.339 e. The fourth-order valence-electron chi connectivity index (χ4n) is 4.63. The molecular weight excluding hydrogens is 439 g/mol. The van der Waals surface area contributed by atoms with E-state index in [1.165, 1.54) is 22.8 Å². The molecule has 1 aliphatic heterocycles. The number of nitrogens with one attached hydrogen (secondary N) is 1. The van der Waals surface area contributed by atoms with E-state index in [1.807, 2.05) is 0 Å². The highest BCUT2D eigenvalue weighted by Crippen LogP contribution is 2.28. The number of fused-ring (bicyclic) bond motifs is 1. The molecule has 1 saturated heterocycles. The van der Waals surface area contributed by atoms with Gasteiger partial charge in [-0.3, -0.25) is 23.9 Å². The minimum atomic E-state index is -0.639. The third kappa shape index (κ3) is 4.02. The van der Waals surface area contributed by atoms with E-state index in [9.17, 15) is 23.6 Å². The van der Waals surface area contributed by atoms with Crippen LogP contribution in [0.3, 0.4) is 0 Å². The maximum absolute atomic E-state index is 14.6. The molecule has 2 amide bonds. The number of benzene rings is 2. The lowest BCUT2D eigenvalue weighted by molar-refractivity contribution is -0.139. The Morgan fingerprint density at radius 1 is 0.971 bits per heavy atom. The van der Waals surface area contributed by atoms with E-state index in [0.29, 0.717) is 42.6 Å². The van der Waals surface area contributed by atoms with Gasteiger partial charge in [0.1, 0.15) is 5.82 Å². The molecule has 1 aromatic heterocycles. The third-order valence-electron chi connectivity index (χ3n) is 6.84.